The molecule has 4 heteroatoms. The lowest BCUT2D eigenvalue weighted by Gasteiger charge is -2.37. The Labute approximate surface area is 253 Å². The third kappa shape index (κ3) is 6.79. The van der Waals surface area contributed by atoms with E-state index in [0.29, 0.717) is 6.71 Å². The van der Waals surface area contributed by atoms with Crippen LogP contribution in [0.15, 0.2) is 183 Å². The number of benzene rings is 5. The second-order valence-corrected chi connectivity index (χ2v) is 12.7. The summed E-state index contributed by atoms with van der Waals surface area (Å²) >= 11 is 0. The molecule has 0 bridgehead atoms. The summed E-state index contributed by atoms with van der Waals surface area (Å²) in [6, 6.07) is 54.7. The fourth-order valence-electron chi connectivity index (χ4n) is 5.70. The SMILES string of the molecule is C=C(C)C[SiH2]C(c1ccccc1)(c1ccccc1)n1ccnc1.c1ccc(B(c2ccccc2)c2ccccc2)cc1. The summed E-state index contributed by atoms with van der Waals surface area (Å²) in [5.41, 5.74) is 7.92. The van der Waals surface area contributed by atoms with Gasteiger partial charge in [-0.25, -0.2) is 4.98 Å². The Morgan fingerprint density at radius 1 is 0.643 bits per heavy atom. The fraction of sp³-hybridized carbons (Fsp3) is 0.0789. The molecule has 6 rings (SSSR count). The maximum Gasteiger partial charge on any atom is 0.241 e. The van der Waals surface area contributed by atoms with Crippen LogP contribution in [0.3, 0.4) is 0 Å². The molecule has 42 heavy (non-hydrogen) atoms. The van der Waals surface area contributed by atoms with E-state index in [1.165, 1.54) is 33.1 Å². The maximum absolute atomic E-state index is 4.33. The van der Waals surface area contributed by atoms with E-state index in [9.17, 15) is 0 Å². The number of hydrogen-bond donors (Lipinski definition) is 0. The third-order valence-corrected chi connectivity index (χ3v) is 10.8. The Bertz CT molecular complexity index is 1490. The molecule has 0 unspecified atom stereocenters. The first-order valence-corrected chi connectivity index (χ1v) is 16.3. The molecule has 0 saturated heterocycles. The maximum atomic E-state index is 4.33. The van der Waals surface area contributed by atoms with Crippen LogP contribution in [0.1, 0.15) is 18.1 Å². The first-order valence-electron chi connectivity index (χ1n) is 14.6. The van der Waals surface area contributed by atoms with Crippen LogP contribution in [0.2, 0.25) is 6.04 Å². The van der Waals surface area contributed by atoms with Crippen molar-refractivity contribution in [3.05, 3.63) is 194 Å². The zero-order valence-electron chi connectivity index (χ0n) is 24.3. The molecular weight excluding hydrogens is 523 g/mol. The van der Waals surface area contributed by atoms with Crippen molar-refractivity contribution in [2.75, 3.05) is 0 Å². The van der Waals surface area contributed by atoms with E-state index in [4.69, 9.17) is 0 Å². The highest BCUT2D eigenvalue weighted by Crippen LogP contribution is 2.34. The minimum atomic E-state index is -0.571. The Morgan fingerprint density at radius 3 is 1.36 bits per heavy atom. The topological polar surface area (TPSA) is 17.8 Å². The molecule has 0 aliphatic heterocycles. The van der Waals surface area contributed by atoms with Crippen molar-refractivity contribution in [3.8, 4) is 0 Å². The van der Waals surface area contributed by atoms with Crippen molar-refractivity contribution in [1.29, 1.82) is 0 Å². The van der Waals surface area contributed by atoms with Crippen LogP contribution in [0.25, 0.3) is 0 Å². The van der Waals surface area contributed by atoms with E-state index in [-0.39, 0.29) is 5.16 Å². The first-order chi connectivity index (χ1) is 20.7. The smallest absolute Gasteiger partial charge is 0.241 e. The summed E-state index contributed by atoms with van der Waals surface area (Å²) < 4.78 is 2.28. The summed E-state index contributed by atoms with van der Waals surface area (Å²) in [5.74, 6) is 0. The second-order valence-electron chi connectivity index (χ2n) is 10.7. The summed E-state index contributed by atoms with van der Waals surface area (Å²) in [7, 11) is -0.571. The van der Waals surface area contributed by atoms with Crippen LogP contribution in [0.4, 0.5) is 0 Å². The molecule has 0 amide bonds. The van der Waals surface area contributed by atoms with Crippen LogP contribution < -0.4 is 16.4 Å². The molecule has 0 spiro atoms. The van der Waals surface area contributed by atoms with Gasteiger partial charge in [0, 0.05) is 12.4 Å². The number of aromatic nitrogens is 2. The highest BCUT2D eigenvalue weighted by Gasteiger charge is 2.35. The van der Waals surface area contributed by atoms with Crippen molar-refractivity contribution in [1.82, 2.24) is 9.55 Å². The Kier molecular flexibility index (Phi) is 9.82. The van der Waals surface area contributed by atoms with Crippen LogP contribution >= 0.6 is 0 Å². The van der Waals surface area contributed by atoms with Gasteiger partial charge in [-0.1, -0.05) is 174 Å². The lowest BCUT2D eigenvalue weighted by molar-refractivity contribution is 0.592. The minimum absolute atomic E-state index is 0.127. The van der Waals surface area contributed by atoms with Gasteiger partial charge in [-0.15, -0.1) is 6.58 Å². The van der Waals surface area contributed by atoms with Crippen LogP contribution in [0.5, 0.6) is 0 Å². The quantitative estimate of drug-likeness (QED) is 0.157. The number of allylic oxidation sites excluding steroid dienone is 1. The van der Waals surface area contributed by atoms with Gasteiger partial charge < -0.3 is 4.57 Å². The molecule has 1 aromatic heterocycles. The minimum Gasteiger partial charge on any atom is -0.327 e. The van der Waals surface area contributed by atoms with Crippen molar-refractivity contribution >= 4 is 32.6 Å². The van der Waals surface area contributed by atoms with Gasteiger partial charge in [-0.2, -0.15) is 0 Å². The highest BCUT2D eigenvalue weighted by molar-refractivity contribution is 6.95. The van der Waals surface area contributed by atoms with Gasteiger partial charge >= 0.3 is 0 Å². The van der Waals surface area contributed by atoms with Crippen molar-refractivity contribution in [2.45, 2.75) is 18.1 Å². The van der Waals surface area contributed by atoms with E-state index in [1.54, 1.807) is 0 Å². The molecular formula is C38H37BN2Si. The van der Waals surface area contributed by atoms with Crippen LogP contribution in [0, 0.1) is 0 Å². The Morgan fingerprint density at radius 2 is 1.02 bits per heavy atom. The van der Waals surface area contributed by atoms with Crippen molar-refractivity contribution in [2.24, 2.45) is 0 Å². The number of imidazole rings is 1. The largest absolute Gasteiger partial charge is 0.327 e. The van der Waals surface area contributed by atoms with Gasteiger partial charge in [-0.3, -0.25) is 0 Å². The second kappa shape index (κ2) is 14.3. The highest BCUT2D eigenvalue weighted by atomic mass is 28.2. The molecule has 0 fully saturated rings. The average Bonchev–Trinajstić information content (AvgIpc) is 3.60. The molecule has 0 saturated carbocycles. The molecule has 5 aromatic carbocycles. The molecule has 0 radical (unpaired) electrons. The molecule has 6 aromatic rings. The zero-order valence-corrected chi connectivity index (χ0v) is 25.7. The zero-order chi connectivity index (χ0) is 29.0. The molecule has 0 N–H and O–H groups in total. The van der Waals surface area contributed by atoms with E-state index >= 15 is 0 Å². The fourth-order valence-corrected chi connectivity index (χ4v) is 7.99. The number of hydrogen-bond acceptors (Lipinski definition) is 1. The van der Waals surface area contributed by atoms with E-state index < -0.39 is 9.52 Å². The predicted octanol–water partition coefficient (Wildman–Crippen LogP) is 6.00. The summed E-state index contributed by atoms with van der Waals surface area (Å²) in [4.78, 5) is 4.33. The summed E-state index contributed by atoms with van der Waals surface area (Å²) in [5, 5.41) is -0.127. The molecule has 0 atom stereocenters. The van der Waals surface area contributed by atoms with Gasteiger partial charge in [0.05, 0.1) is 21.0 Å². The van der Waals surface area contributed by atoms with Gasteiger partial charge in [0.2, 0.25) is 6.71 Å². The van der Waals surface area contributed by atoms with Gasteiger partial charge in [-0.05, 0) is 24.1 Å². The number of rotatable bonds is 9. The van der Waals surface area contributed by atoms with E-state index in [2.05, 4.69) is 181 Å². The number of nitrogens with zero attached hydrogens (tertiary/aromatic N) is 2. The van der Waals surface area contributed by atoms with E-state index in [0.717, 1.165) is 6.04 Å². The lowest BCUT2D eigenvalue weighted by Crippen LogP contribution is -2.51. The summed E-state index contributed by atoms with van der Waals surface area (Å²) in [6.45, 7) is 6.57. The van der Waals surface area contributed by atoms with Crippen LogP contribution in [-0.4, -0.2) is 25.8 Å². The third-order valence-electron chi connectivity index (χ3n) is 7.76. The first kappa shape index (κ1) is 28.8. The Hall–Kier alpha value is -4.67. The summed E-state index contributed by atoms with van der Waals surface area (Å²) in [6.07, 6.45) is 5.91. The van der Waals surface area contributed by atoms with E-state index in [1.807, 2.05) is 12.5 Å². The van der Waals surface area contributed by atoms with Gasteiger partial charge in [0.25, 0.3) is 0 Å². The molecule has 1 heterocycles. The van der Waals surface area contributed by atoms with Gasteiger partial charge in [0.1, 0.15) is 0 Å². The van der Waals surface area contributed by atoms with Crippen molar-refractivity contribution < 1.29 is 0 Å². The molecule has 0 aliphatic rings. The molecule has 206 valence electrons. The predicted molar refractivity (Wildman–Crippen MR) is 183 cm³/mol. The normalized spacial score (nSPS) is 11.1. The van der Waals surface area contributed by atoms with Crippen LogP contribution in [-0.2, 0) is 5.16 Å². The monoisotopic (exact) mass is 560 g/mol. The van der Waals surface area contributed by atoms with Crippen molar-refractivity contribution in [3.63, 3.8) is 0 Å². The lowest BCUT2D eigenvalue weighted by atomic mass is 9.37. The average molecular weight is 561 g/mol. The molecule has 2 nitrogen and oxygen atoms in total. The van der Waals surface area contributed by atoms with Gasteiger partial charge in [0.15, 0.2) is 0 Å². The Balaban J connectivity index is 0.000000171. The standard InChI is InChI=1S/C20H22N2Si.C18H15B/c1-17(2)15-23-20(22-14-13-21-16-22,18-9-5-3-6-10-18)19-11-7-4-8-12-19;1-4-10-16(11-5-1)19(17-12-6-2-7-13-17)18-14-8-3-9-15-18/h3-14,16H,1,15,23H2,2H3;1-15H. The molecule has 0 aliphatic carbocycles.